The van der Waals surface area contributed by atoms with Gasteiger partial charge in [0.05, 0.1) is 5.69 Å². The molecule has 1 saturated carbocycles. The van der Waals surface area contributed by atoms with E-state index in [0.717, 1.165) is 24.2 Å². The number of piperidine rings is 1. The number of rotatable bonds is 5. The van der Waals surface area contributed by atoms with Crippen molar-refractivity contribution >= 4 is 5.65 Å². The van der Waals surface area contributed by atoms with Gasteiger partial charge in [-0.05, 0) is 56.8 Å². The maximum atomic E-state index is 4.72. The number of pyridine rings is 1. The highest BCUT2D eigenvalue weighted by Crippen LogP contribution is 2.22. The van der Waals surface area contributed by atoms with Gasteiger partial charge in [-0.2, -0.15) is 0 Å². The molecule has 1 aliphatic carbocycles. The minimum absolute atomic E-state index is 0.816. The second-order valence-corrected chi connectivity index (χ2v) is 6.62. The topological polar surface area (TPSA) is 32.6 Å². The van der Waals surface area contributed by atoms with E-state index in [1.165, 1.54) is 51.0 Å². The molecule has 1 saturated heterocycles. The summed E-state index contributed by atoms with van der Waals surface area (Å²) in [4.78, 5) is 7.30. The summed E-state index contributed by atoms with van der Waals surface area (Å²) in [5.74, 6) is 0.816. The fourth-order valence-corrected chi connectivity index (χ4v) is 3.37. The molecule has 1 aliphatic heterocycles. The normalized spacial score (nSPS) is 23.7. The van der Waals surface area contributed by atoms with E-state index in [1.807, 2.05) is 6.07 Å². The molecule has 0 spiro atoms. The molecule has 4 heteroatoms. The quantitative estimate of drug-likeness (QED) is 0.914. The van der Waals surface area contributed by atoms with Crippen molar-refractivity contribution < 1.29 is 0 Å². The fourth-order valence-electron chi connectivity index (χ4n) is 3.37. The summed E-state index contributed by atoms with van der Waals surface area (Å²) >= 11 is 0. The van der Waals surface area contributed by atoms with Gasteiger partial charge in [-0.15, -0.1) is 0 Å². The third-order valence-electron chi connectivity index (χ3n) is 4.68. The van der Waals surface area contributed by atoms with Crippen molar-refractivity contribution in [1.29, 1.82) is 0 Å². The van der Waals surface area contributed by atoms with E-state index in [2.05, 4.69) is 39.1 Å². The highest BCUT2D eigenvalue weighted by Gasteiger charge is 2.25. The van der Waals surface area contributed by atoms with Gasteiger partial charge in [-0.1, -0.05) is 6.07 Å². The first-order valence-corrected chi connectivity index (χ1v) is 8.25. The standard InChI is InChI=1S/C17H24N4/c1-2-9-21-13-16(19-17(21)5-1)12-20-8-3-4-14(11-20)10-18-15-6-7-15/h1-2,5,9,13-15,18H,3-4,6-8,10-12H2. The Kier molecular flexibility index (Phi) is 3.65. The predicted molar refractivity (Wildman–Crippen MR) is 84.2 cm³/mol. The molecular weight excluding hydrogens is 260 g/mol. The first kappa shape index (κ1) is 13.3. The number of hydrogen-bond donors (Lipinski definition) is 1. The molecule has 1 N–H and O–H groups in total. The largest absolute Gasteiger partial charge is 0.314 e. The third-order valence-corrected chi connectivity index (χ3v) is 4.68. The number of nitrogens with one attached hydrogen (secondary N) is 1. The van der Waals surface area contributed by atoms with Crippen LogP contribution in [0.3, 0.4) is 0 Å². The van der Waals surface area contributed by atoms with E-state index in [4.69, 9.17) is 4.98 Å². The Hall–Kier alpha value is -1.39. The lowest BCUT2D eigenvalue weighted by Gasteiger charge is -2.32. The van der Waals surface area contributed by atoms with Gasteiger partial charge in [0.2, 0.25) is 0 Å². The van der Waals surface area contributed by atoms with Crippen LogP contribution in [-0.2, 0) is 6.54 Å². The molecule has 2 aromatic rings. The van der Waals surface area contributed by atoms with Crippen LogP contribution < -0.4 is 5.32 Å². The Labute approximate surface area is 126 Å². The predicted octanol–water partition coefficient (Wildman–Crippen LogP) is 2.30. The molecule has 4 nitrogen and oxygen atoms in total. The summed E-state index contributed by atoms with van der Waals surface area (Å²) in [6.45, 7) is 4.62. The molecule has 21 heavy (non-hydrogen) atoms. The van der Waals surface area contributed by atoms with Crippen LogP contribution in [0.4, 0.5) is 0 Å². The van der Waals surface area contributed by atoms with Crippen LogP contribution in [0.5, 0.6) is 0 Å². The lowest BCUT2D eigenvalue weighted by Crippen LogP contribution is -2.39. The zero-order valence-corrected chi connectivity index (χ0v) is 12.5. The maximum absolute atomic E-state index is 4.72. The summed E-state index contributed by atoms with van der Waals surface area (Å²) in [6.07, 6.45) is 9.72. The van der Waals surface area contributed by atoms with Crippen molar-refractivity contribution in [1.82, 2.24) is 19.6 Å². The Morgan fingerprint density at radius 1 is 1.24 bits per heavy atom. The average Bonchev–Trinajstić information content (AvgIpc) is 3.24. The molecule has 2 aromatic heterocycles. The highest BCUT2D eigenvalue weighted by atomic mass is 15.2. The molecule has 1 unspecified atom stereocenters. The molecule has 2 aliphatic rings. The Balaban J connectivity index is 1.36. The Bertz CT molecular complexity index is 569. The molecule has 0 radical (unpaired) electrons. The van der Waals surface area contributed by atoms with Crippen molar-refractivity contribution in [3.05, 3.63) is 36.3 Å². The van der Waals surface area contributed by atoms with Gasteiger partial charge in [-0.3, -0.25) is 4.90 Å². The van der Waals surface area contributed by atoms with Crippen LogP contribution >= 0.6 is 0 Å². The Morgan fingerprint density at radius 2 is 2.19 bits per heavy atom. The van der Waals surface area contributed by atoms with Crippen LogP contribution in [-0.4, -0.2) is 40.0 Å². The molecule has 1 atom stereocenters. The van der Waals surface area contributed by atoms with Crippen LogP contribution in [0, 0.1) is 5.92 Å². The molecular formula is C17H24N4. The molecule has 4 rings (SSSR count). The molecule has 112 valence electrons. The van der Waals surface area contributed by atoms with Gasteiger partial charge < -0.3 is 9.72 Å². The molecule has 3 heterocycles. The number of nitrogens with zero attached hydrogens (tertiary/aromatic N) is 3. The minimum atomic E-state index is 0.816. The lowest BCUT2D eigenvalue weighted by molar-refractivity contribution is 0.164. The summed E-state index contributed by atoms with van der Waals surface area (Å²) < 4.78 is 2.12. The van der Waals surface area contributed by atoms with Crippen molar-refractivity contribution in [3.63, 3.8) is 0 Å². The van der Waals surface area contributed by atoms with Gasteiger partial charge in [-0.25, -0.2) is 4.98 Å². The molecule has 0 aromatic carbocycles. The van der Waals surface area contributed by atoms with Crippen LogP contribution in [0.1, 0.15) is 31.4 Å². The minimum Gasteiger partial charge on any atom is -0.314 e. The Morgan fingerprint density at radius 3 is 3.05 bits per heavy atom. The summed E-state index contributed by atoms with van der Waals surface area (Å²) in [6, 6.07) is 7.01. The van der Waals surface area contributed by atoms with E-state index in [0.29, 0.717) is 0 Å². The van der Waals surface area contributed by atoms with Gasteiger partial charge in [0.25, 0.3) is 0 Å². The summed E-state index contributed by atoms with van der Waals surface area (Å²) in [5.41, 5.74) is 2.24. The summed E-state index contributed by atoms with van der Waals surface area (Å²) in [7, 11) is 0. The number of aromatic nitrogens is 2. The van der Waals surface area contributed by atoms with Crippen LogP contribution in [0.15, 0.2) is 30.6 Å². The van der Waals surface area contributed by atoms with Crippen molar-refractivity contribution in [2.24, 2.45) is 5.92 Å². The van der Waals surface area contributed by atoms with Crippen molar-refractivity contribution in [2.45, 2.75) is 38.3 Å². The molecule has 0 bridgehead atoms. The van der Waals surface area contributed by atoms with E-state index in [1.54, 1.807) is 0 Å². The average molecular weight is 284 g/mol. The van der Waals surface area contributed by atoms with Gasteiger partial charge >= 0.3 is 0 Å². The SMILES string of the molecule is c1ccn2cc(CN3CCCC(CNC4CC4)C3)nc2c1. The molecule has 2 fully saturated rings. The smallest absolute Gasteiger partial charge is 0.137 e. The maximum Gasteiger partial charge on any atom is 0.137 e. The number of hydrogen-bond acceptors (Lipinski definition) is 3. The second kappa shape index (κ2) is 5.78. The fraction of sp³-hybridized carbons (Fsp3) is 0.588. The van der Waals surface area contributed by atoms with Crippen LogP contribution in [0.25, 0.3) is 5.65 Å². The van der Waals surface area contributed by atoms with Gasteiger partial charge in [0, 0.05) is 31.5 Å². The van der Waals surface area contributed by atoms with Crippen molar-refractivity contribution in [3.8, 4) is 0 Å². The van der Waals surface area contributed by atoms with E-state index in [-0.39, 0.29) is 0 Å². The van der Waals surface area contributed by atoms with Gasteiger partial charge in [0.1, 0.15) is 5.65 Å². The lowest BCUT2D eigenvalue weighted by atomic mass is 9.98. The zero-order chi connectivity index (χ0) is 14.1. The van der Waals surface area contributed by atoms with Crippen molar-refractivity contribution in [2.75, 3.05) is 19.6 Å². The second-order valence-electron chi connectivity index (χ2n) is 6.62. The van der Waals surface area contributed by atoms with E-state index < -0.39 is 0 Å². The number of imidazole rings is 1. The van der Waals surface area contributed by atoms with E-state index >= 15 is 0 Å². The number of fused-ring (bicyclic) bond motifs is 1. The summed E-state index contributed by atoms with van der Waals surface area (Å²) in [5, 5.41) is 3.69. The molecule has 0 amide bonds. The highest BCUT2D eigenvalue weighted by molar-refractivity contribution is 5.39. The van der Waals surface area contributed by atoms with Crippen LogP contribution in [0.2, 0.25) is 0 Å². The van der Waals surface area contributed by atoms with Gasteiger partial charge in [0.15, 0.2) is 0 Å². The number of likely N-dealkylation sites (tertiary alicyclic amines) is 1. The zero-order valence-electron chi connectivity index (χ0n) is 12.5. The monoisotopic (exact) mass is 284 g/mol. The first-order chi connectivity index (χ1) is 10.4. The first-order valence-electron chi connectivity index (χ1n) is 8.25. The van der Waals surface area contributed by atoms with E-state index in [9.17, 15) is 0 Å². The third kappa shape index (κ3) is 3.27.